The van der Waals surface area contributed by atoms with Crippen LogP contribution >= 0.6 is 34.3 Å². The molecule has 9 heteroatoms. The standard InChI is InChI=1S/C16H16ClN5OS2/c17-13-4-3-12(25-13)15-22-11(10-24-15)9-14(23)18-5-1-6-19-16-20-7-2-8-21-16/h2-4,7-8,10H,1,5-6,9H2,(H,18,23)(H,19,20,21). The predicted octanol–water partition coefficient (Wildman–Crippen LogP) is 3.48. The molecule has 0 spiro atoms. The molecule has 0 fully saturated rings. The molecule has 0 radical (unpaired) electrons. The van der Waals surface area contributed by atoms with Crippen molar-refractivity contribution in [2.75, 3.05) is 18.4 Å². The van der Waals surface area contributed by atoms with Gasteiger partial charge in [-0.3, -0.25) is 4.79 Å². The molecule has 130 valence electrons. The summed E-state index contributed by atoms with van der Waals surface area (Å²) >= 11 is 8.95. The molecule has 3 aromatic rings. The molecule has 25 heavy (non-hydrogen) atoms. The zero-order chi connectivity index (χ0) is 17.5. The second kappa shape index (κ2) is 8.89. The first-order valence-corrected chi connectivity index (χ1v) is 9.76. The number of carbonyl (C=O) groups excluding carboxylic acids is 1. The van der Waals surface area contributed by atoms with Crippen LogP contribution in [0, 0.1) is 0 Å². The molecule has 0 saturated carbocycles. The number of nitrogens with one attached hydrogen (secondary N) is 2. The normalized spacial score (nSPS) is 10.6. The Morgan fingerprint density at radius 1 is 1.20 bits per heavy atom. The Morgan fingerprint density at radius 2 is 2.04 bits per heavy atom. The molecule has 3 aromatic heterocycles. The highest BCUT2D eigenvalue weighted by Gasteiger charge is 2.10. The maximum Gasteiger partial charge on any atom is 0.226 e. The van der Waals surface area contributed by atoms with Crippen LogP contribution < -0.4 is 10.6 Å². The van der Waals surface area contributed by atoms with Crippen molar-refractivity contribution in [3.63, 3.8) is 0 Å². The number of halogens is 1. The molecule has 0 aromatic carbocycles. The number of anilines is 1. The van der Waals surface area contributed by atoms with Gasteiger partial charge in [0.1, 0.15) is 5.01 Å². The van der Waals surface area contributed by atoms with E-state index in [0.29, 0.717) is 19.0 Å². The van der Waals surface area contributed by atoms with Crippen LogP contribution in [0.25, 0.3) is 9.88 Å². The highest BCUT2D eigenvalue weighted by molar-refractivity contribution is 7.23. The van der Waals surface area contributed by atoms with Crippen LogP contribution in [0.15, 0.2) is 36.0 Å². The zero-order valence-electron chi connectivity index (χ0n) is 13.2. The van der Waals surface area contributed by atoms with E-state index in [-0.39, 0.29) is 12.3 Å². The minimum atomic E-state index is -0.0305. The Labute approximate surface area is 158 Å². The van der Waals surface area contributed by atoms with Crippen LogP contribution in [-0.4, -0.2) is 33.9 Å². The summed E-state index contributed by atoms with van der Waals surface area (Å²) < 4.78 is 0.735. The average molecular weight is 394 g/mol. The maximum absolute atomic E-state index is 12.0. The van der Waals surface area contributed by atoms with Gasteiger partial charge in [-0.2, -0.15) is 0 Å². The molecular weight excluding hydrogens is 378 g/mol. The topological polar surface area (TPSA) is 79.8 Å². The Bertz CT molecular complexity index is 821. The van der Waals surface area contributed by atoms with Gasteiger partial charge in [0.05, 0.1) is 21.3 Å². The van der Waals surface area contributed by atoms with Crippen LogP contribution in [0.3, 0.4) is 0 Å². The van der Waals surface area contributed by atoms with Gasteiger partial charge < -0.3 is 10.6 Å². The molecule has 0 unspecified atom stereocenters. The summed E-state index contributed by atoms with van der Waals surface area (Å²) in [6.07, 6.45) is 4.44. The van der Waals surface area contributed by atoms with Gasteiger partial charge in [-0.25, -0.2) is 15.0 Å². The van der Waals surface area contributed by atoms with E-state index in [1.165, 1.54) is 22.7 Å². The number of carbonyl (C=O) groups is 1. The third-order valence-electron chi connectivity index (χ3n) is 3.20. The highest BCUT2D eigenvalue weighted by Crippen LogP contribution is 2.32. The SMILES string of the molecule is O=C(Cc1csc(-c2ccc(Cl)s2)n1)NCCCNc1ncccn1. The molecule has 0 saturated heterocycles. The van der Waals surface area contributed by atoms with E-state index in [0.717, 1.165) is 26.3 Å². The minimum Gasteiger partial charge on any atom is -0.356 e. The number of amides is 1. The molecule has 6 nitrogen and oxygen atoms in total. The van der Waals surface area contributed by atoms with E-state index in [2.05, 4.69) is 25.6 Å². The molecular formula is C16H16ClN5OS2. The van der Waals surface area contributed by atoms with Gasteiger partial charge in [-0.15, -0.1) is 22.7 Å². The van der Waals surface area contributed by atoms with Gasteiger partial charge >= 0.3 is 0 Å². The lowest BCUT2D eigenvalue weighted by Gasteiger charge is -2.05. The second-order valence-corrected chi connectivity index (χ2v) is 7.70. The third-order valence-corrected chi connectivity index (χ3v) is 5.49. The quantitative estimate of drug-likeness (QED) is 0.573. The number of thiophene rings is 1. The summed E-state index contributed by atoms with van der Waals surface area (Å²) in [6, 6.07) is 5.56. The van der Waals surface area contributed by atoms with Crippen molar-refractivity contribution >= 4 is 46.1 Å². The average Bonchev–Trinajstić information content (AvgIpc) is 3.24. The molecule has 0 aliphatic heterocycles. The van der Waals surface area contributed by atoms with E-state index in [4.69, 9.17) is 11.6 Å². The van der Waals surface area contributed by atoms with Crippen LogP contribution in [0.2, 0.25) is 4.34 Å². The van der Waals surface area contributed by atoms with E-state index in [1.54, 1.807) is 18.5 Å². The van der Waals surface area contributed by atoms with Gasteiger partial charge in [0.15, 0.2) is 0 Å². The van der Waals surface area contributed by atoms with Crippen LogP contribution in [0.5, 0.6) is 0 Å². The lowest BCUT2D eigenvalue weighted by atomic mass is 10.3. The first kappa shape index (κ1) is 17.8. The van der Waals surface area contributed by atoms with Crippen molar-refractivity contribution in [3.05, 3.63) is 46.0 Å². The lowest BCUT2D eigenvalue weighted by Crippen LogP contribution is -2.27. The summed E-state index contributed by atoms with van der Waals surface area (Å²) in [7, 11) is 0. The molecule has 2 N–H and O–H groups in total. The van der Waals surface area contributed by atoms with E-state index in [1.807, 2.05) is 17.5 Å². The fraction of sp³-hybridized carbons (Fsp3) is 0.250. The van der Waals surface area contributed by atoms with Crippen LogP contribution in [-0.2, 0) is 11.2 Å². The second-order valence-electron chi connectivity index (χ2n) is 5.13. The number of rotatable bonds is 8. The number of nitrogens with zero attached hydrogens (tertiary/aromatic N) is 3. The lowest BCUT2D eigenvalue weighted by molar-refractivity contribution is -0.120. The van der Waals surface area contributed by atoms with Crippen LogP contribution in [0.1, 0.15) is 12.1 Å². The fourth-order valence-corrected chi connectivity index (χ4v) is 4.00. The molecule has 0 bridgehead atoms. The maximum atomic E-state index is 12.0. The molecule has 3 rings (SSSR count). The molecule has 3 heterocycles. The molecule has 0 aliphatic carbocycles. The van der Waals surface area contributed by atoms with Crippen molar-refractivity contribution in [1.82, 2.24) is 20.3 Å². The van der Waals surface area contributed by atoms with E-state index in [9.17, 15) is 4.79 Å². The minimum absolute atomic E-state index is 0.0305. The number of thiazole rings is 1. The van der Waals surface area contributed by atoms with Crippen molar-refractivity contribution in [2.45, 2.75) is 12.8 Å². The van der Waals surface area contributed by atoms with Crippen molar-refractivity contribution in [3.8, 4) is 9.88 Å². The van der Waals surface area contributed by atoms with Gasteiger partial charge in [0, 0.05) is 30.9 Å². The fourth-order valence-electron chi connectivity index (χ4n) is 2.06. The molecule has 0 aliphatic rings. The van der Waals surface area contributed by atoms with Crippen molar-refractivity contribution < 1.29 is 4.79 Å². The first-order chi connectivity index (χ1) is 12.2. The van der Waals surface area contributed by atoms with Crippen molar-refractivity contribution in [1.29, 1.82) is 0 Å². The van der Waals surface area contributed by atoms with Gasteiger partial charge in [0.25, 0.3) is 0 Å². The number of hydrogen-bond donors (Lipinski definition) is 2. The predicted molar refractivity (Wildman–Crippen MR) is 102 cm³/mol. The third kappa shape index (κ3) is 5.48. The molecule has 1 amide bonds. The Balaban J connectivity index is 1.37. The van der Waals surface area contributed by atoms with E-state index < -0.39 is 0 Å². The zero-order valence-corrected chi connectivity index (χ0v) is 15.6. The number of hydrogen-bond acceptors (Lipinski definition) is 7. The Kier molecular flexibility index (Phi) is 6.32. The largest absolute Gasteiger partial charge is 0.356 e. The summed E-state index contributed by atoms with van der Waals surface area (Å²) in [5.41, 5.74) is 0.776. The van der Waals surface area contributed by atoms with Crippen LogP contribution in [0.4, 0.5) is 5.95 Å². The summed E-state index contributed by atoms with van der Waals surface area (Å²) in [4.78, 5) is 25.7. The summed E-state index contributed by atoms with van der Waals surface area (Å²) in [5, 5.41) is 8.80. The van der Waals surface area contributed by atoms with E-state index >= 15 is 0 Å². The highest BCUT2D eigenvalue weighted by atomic mass is 35.5. The Hall–Kier alpha value is -2.03. The summed E-state index contributed by atoms with van der Waals surface area (Å²) in [5.74, 6) is 0.564. The van der Waals surface area contributed by atoms with Gasteiger partial charge in [0.2, 0.25) is 11.9 Å². The Morgan fingerprint density at radius 3 is 2.80 bits per heavy atom. The van der Waals surface area contributed by atoms with Crippen molar-refractivity contribution in [2.24, 2.45) is 0 Å². The first-order valence-electron chi connectivity index (χ1n) is 7.68. The monoisotopic (exact) mass is 393 g/mol. The smallest absolute Gasteiger partial charge is 0.226 e. The summed E-state index contributed by atoms with van der Waals surface area (Å²) in [6.45, 7) is 1.29. The number of aromatic nitrogens is 3. The van der Waals surface area contributed by atoms with Gasteiger partial charge in [-0.05, 0) is 24.6 Å². The molecule has 0 atom stereocenters. The van der Waals surface area contributed by atoms with Gasteiger partial charge in [-0.1, -0.05) is 11.6 Å².